The van der Waals surface area contributed by atoms with Crippen molar-refractivity contribution in [2.24, 2.45) is 5.10 Å². The van der Waals surface area contributed by atoms with Crippen molar-refractivity contribution in [3.05, 3.63) is 58.4 Å². The monoisotopic (exact) mass is 381 g/mol. The average molecular weight is 382 g/mol. The van der Waals surface area contributed by atoms with Crippen LogP contribution < -0.4 is 4.90 Å². The highest BCUT2D eigenvalue weighted by Gasteiger charge is 2.11. The molecule has 1 aromatic heterocycles. The van der Waals surface area contributed by atoms with E-state index in [-0.39, 0.29) is 5.75 Å². The van der Waals surface area contributed by atoms with E-state index in [1.54, 1.807) is 17.0 Å². The Hall–Kier alpha value is -2.93. The van der Waals surface area contributed by atoms with E-state index in [4.69, 9.17) is 12.2 Å². The first-order chi connectivity index (χ1) is 13.0. The summed E-state index contributed by atoms with van der Waals surface area (Å²) in [5.41, 5.74) is 3.62. The number of hydrogen-bond acceptors (Lipinski definition) is 5. The number of nitrogens with one attached hydrogen (secondary N) is 1. The molecule has 3 aromatic rings. The number of H-pyrrole nitrogens is 1. The molecule has 0 saturated carbocycles. The highest BCUT2D eigenvalue weighted by molar-refractivity contribution is 7.71. The minimum atomic E-state index is 0.176. The van der Waals surface area contributed by atoms with Crippen molar-refractivity contribution in [2.45, 2.75) is 20.8 Å². The van der Waals surface area contributed by atoms with Gasteiger partial charge in [0.25, 0.3) is 0 Å². The number of nitrogens with zero attached hydrogens (tertiary/aromatic N) is 4. The van der Waals surface area contributed by atoms with Gasteiger partial charge in [-0.05, 0) is 50.7 Å². The Morgan fingerprint density at radius 2 is 1.96 bits per heavy atom. The number of aryl methyl sites for hydroxylation is 1. The standard InChI is InChI=1S/C20H23N5OS/c1-4-24(5-2)16-11-10-15(18(26)12-16)13-21-25-19(22-23-20(25)27)17-9-7-6-8-14(17)3/h6-13,26H,4-5H2,1-3H3,(H,23,27)/b21-13+. The fourth-order valence-corrected chi connectivity index (χ4v) is 3.12. The third-order valence-electron chi connectivity index (χ3n) is 4.49. The lowest BCUT2D eigenvalue weighted by Gasteiger charge is -2.21. The number of rotatable bonds is 6. The van der Waals surface area contributed by atoms with Crippen LogP contribution in [0.5, 0.6) is 5.75 Å². The van der Waals surface area contributed by atoms with Crippen LogP contribution >= 0.6 is 12.2 Å². The molecule has 0 aliphatic heterocycles. The largest absolute Gasteiger partial charge is 0.507 e. The fraction of sp³-hybridized carbons (Fsp3) is 0.250. The van der Waals surface area contributed by atoms with Crippen molar-refractivity contribution in [3.63, 3.8) is 0 Å². The summed E-state index contributed by atoms with van der Waals surface area (Å²) < 4.78 is 1.96. The van der Waals surface area contributed by atoms with Crippen molar-refractivity contribution < 1.29 is 5.11 Å². The molecule has 6 nitrogen and oxygen atoms in total. The van der Waals surface area contributed by atoms with Crippen molar-refractivity contribution in [1.82, 2.24) is 14.9 Å². The topological polar surface area (TPSA) is 69.4 Å². The predicted molar refractivity (Wildman–Crippen MR) is 112 cm³/mol. The van der Waals surface area contributed by atoms with Crippen LogP contribution in [-0.2, 0) is 0 Å². The molecule has 2 N–H and O–H groups in total. The molecule has 3 rings (SSSR count). The summed E-state index contributed by atoms with van der Waals surface area (Å²) in [5, 5.41) is 21.9. The zero-order chi connectivity index (χ0) is 19.4. The highest BCUT2D eigenvalue weighted by atomic mass is 32.1. The fourth-order valence-electron chi connectivity index (χ4n) is 2.94. The molecule has 140 valence electrons. The van der Waals surface area contributed by atoms with Crippen LogP contribution in [0.1, 0.15) is 25.0 Å². The van der Waals surface area contributed by atoms with Gasteiger partial charge in [0.2, 0.25) is 4.77 Å². The molecule has 0 spiro atoms. The molecule has 0 fully saturated rings. The van der Waals surface area contributed by atoms with Crippen LogP contribution in [0.4, 0.5) is 5.69 Å². The van der Waals surface area contributed by atoms with Crippen molar-refractivity contribution in [3.8, 4) is 17.1 Å². The van der Waals surface area contributed by atoms with E-state index < -0.39 is 0 Å². The van der Waals surface area contributed by atoms with Gasteiger partial charge in [0, 0.05) is 36.0 Å². The summed E-state index contributed by atoms with van der Waals surface area (Å²) >= 11 is 5.31. The molecule has 0 unspecified atom stereocenters. The number of benzene rings is 2. The molecular formula is C20H23N5OS. The molecule has 0 amide bonds. The van der Waals surface area contributed by atoms with Crippen LogP contribution in [0.3, 0.4) is 0 Å². The van der Waals surface area contributed by atoms with Gasteiger partial charge in [-0.1, -0.05) is 24.3 Å². The smallest absolute Gasteiger partial charge is 0.216 e. The first kappa shape index (κ1) is 18.8. The van der Waals surface area contributed by atoms with Gasteiger partial charge in [-0.15, -0.1) is 0 Å². The van der Waals surface area contributed by atoms with Crippen molar-refractivity contribution in [1.29, 1.82) is 0 Å². The second kappa shape index (κ2) is 8.18. The summed E-state index contributed by atoms with van der Waals surface area (Å²) in [6.07, 6.45) is 1.59. The minimum Gasteiger partial charge on any atom is -0.507 e. The third kappa shape index (κ3) is 3.93. The van der Waals surface area contributed by atoms with Crippen LogP contribution in [0, 0.1) is 11.7 Å². The average Bonchev–Trinajstić information content (AvgIpc) is 3.03. The molecule has 2 aromatic carbocycles. The molecule has 1 heterocycles. The number of anilines is 1. The Morgan fingerprint density at radius 3 is 2.63 bits per heavy atom. The highest BCUT2D eigenvalue weighted by Crippen LogP contribution is 2.24. The normalized spacial score (nSPS) is 11.2. The van der Waals surface area contributed by atoms with E-state index in [1.807, 2.05) is 43.3 Å². The molecule has 0 atom stereocenters. The zero-order valence-electron chi connectivity index (χ0n) is 15.7. The molecule has 0 radical (unpaired) electrons. The van der Waals surface area contributed by atoms with Gasteiger partial charge < -0.3 is 10.0 Å². The van der Waals surface area contributed by atoms with E-state index in [2.05, 4.69) is 34.0 Å². The van der Waals surface area contributed by atoms with Gasteiger partial charge in [0.05, 0.1) is 6.21 Å². The van der Waals surface area contributed by atoms with Crippen molar-refractivity contribution >= 4 is 24.1 Å². The van der Waals surface area contributed by atoms with Crippen LogP contribution in [0.15, 0.2) is 47.6 Å². The zero-order valence-corrected chi connectivity index (χ0v) is 16.5. The second-order valence-corrected chi connectivity index (χ2v) is 6.53. The lowest BCUT2D eigenvalue weighted by Crippen LogP contribution is -2.21. The minimum absolute atomic E-state index is 0.176. The summed E-state index contributed by atoms with van der Waals surface area (Å²) in [4.78, 5) is 2.17. The summed E-state index contributed by atoms with van der Waals surface area (Å²) in [6.45, 7) is 7.95. The first-order valence-electron chi connectivity index (χ1n) is 8.90. The maximum Gasteiger partial charge on any atom is 0.216 e. The third-order valence-corrected chi connectivity index (χ3v) is 4.76. The maximum absolute atomic E-state index is 10.4. The number of aromatic nitrogens is 3. The molecule has 0 saturated heterocycles. The van der Waals surface area contributed by atoms with E-state index >= 15 is 0 Å². The number of phenols is 1. The van der Waals surface area contributed by atoms with E-state index in [9.17, 15) is 5.11 Å². The van der Waals surface area contributed by atoms with Crippen molar-refractivity contribution in [2.75, 3.05) is 18.0 Å². The number of aromatic hydroxyl groups is 1. The molecule has 7 heteroatoms. The van der Waals surface area contributed by atoms with E-state index in [1.165, 1.54) is 0 Å². The molecule has 0 aliphatic rings. The summed E-state index contributed by atoms with van der Waals surface area (Å²) in [5.74, 6) is 0.809. The lowest BCUT2D eigenvalue weighted by molar-refractivity contribution is 0.474. The second-order valence-electron chi connectivity index (χ2n) is 6.14. The van der Waals surface area contributed by atoms with E-state index in [0.717, 1.165) is 29.9 Å². The SMILES string of the molecule is CCN(CC)c1ccc(/C=N/n2c(-c3ccccc3C)n[nH]c2=S)c(O)c1. The lowest BCUT2D eigenvalue weighted by atomic mass is 10.1. The van der Waals surface area contributed by atoms with Gasteiger partial charge in [0.1, 0.15) is 5.75 Å². The Morgan fingerprint density at radius 1 is 1.22 bits per heavy atom. The van der Waals surface area contributed by atoms with Gasteiger partial charge in [-0.3, -0.25) is 0 Å². The van der Waals surface area contributed by atoms with Gasteiger partial charge >= 0.3 is 0 Å². The summed E-state index contributed by atoms with van der Waals surface area (Å²) in [7, 11) is 0. The quantitative estimate of drug-likeness (QED) is 0.492. The Bertz CT molecular complexity index is 1020. The van der Waals surface area contributed by atoms with Gasteiger partial charge in [-0.25, -0.2) is 5.10 Å². The van der Waals surface area contributed by atoms with Gasteiger partial charge in [0.15, 0.2) is 5.82 Å². The molecule has 0 bridgehead atoms. The van der Waals surface area contributed by atoms with Crippen LogP contribution in [0.25, 0.3) is 11.4 Å². The summed E-state index contributed by atoms with van der Waals surface area (Å²) in [6, 6.07) is 13.5. The Balaban J connectivity index is 1.95. The van der Waals surface area contributed by atoms with Crippen LogP contribution in [-0.4, -0.2) is 39.3 Å². The maximum atomic E-state index is 10.4. The number of hydrogen-bond donors (Lipinski definition) is 2. The molecule has 27 heavy (non-hydrogen) atoms. The number of aromatic amines is 1. The van der Waals surface area contributed by atoms with Crippen LogP contribution in [0.2, 0.25) is 0 Å². The first-order valence-corrected chi connectivity index (χ1v) is 9.31. The number of phenolic OH excluding ortho intramolecular Hbond substituents is 1. The predicted octanol–water partition coefficient (Wildman–Crippen LogP) is 4.35. The Labute approximate surface area is 163 Å². The molecule has 0 aliphatic carbocycles. The Kier molecular flexibility index (Phi) is 5.71. The molecular weight excluding hydrogens is 358 g/mol. The van der Waals surface area contributed by atoms with E-state index in [0.29, 0.717) is 16.2 Å². The van der Waals surface area contributed by atoms with Gasteiger partial charge in [-0.2, -0.15) is 14.9 Å².